The minimum absolute atomic E-state index is 0.210. The molecule has 1 atom stereocenters. The number of nitrogens with two attached hydrogens (primary N) is 1. The summed E-state index contributed by atoms with van der Waals surface area (Å²) in [5.41, 5.74) is 5.91. The molecule has 1 rings (SSSR count). The first-order valence-corrected chi connectivity index (χ1v) is 5.85. The zero-order chi connectivity index (χ0) is 13.5. The van der Waals surface area contributed by atoms with Crippen LogP contribution in [0.5, 0.6) is 0 Å². The minimum Gasteiger partial charge on any atom is -0.385 e. The van der Waals surface area contributed by atoms with Crippen molar-refractivity contribution in [3.05, 3.63) is 35.1 Å². The fraction of sp³-hybridized carbons (Fsp3) is 0.462. The lowest BCUT2D eigenvalue weighted by atomic mass is 10.1. The Labute approximate surface area is 106 Å². The summed E-state index contributed by atoms with van der Waals surface area (Å²) in [5, 5.41) is 3.17. The molecule has 1 unspecified atom stereocenters. The number of hydrogen-bond donors (Lipinski definition) is 2. The van der Waals surface area contributed by atoms with E-state index in [0.717, 1.165) is 6.42 Å². The predicted molar refractivity (Wildman–Crippen MR) is 67.7 cm³/mol. The molecule has 0 saturated heterocycles. The van der Waals surface area contributed by atoms with Crippen LogP contribution in [0.3, 0.4) is 0 Å². The number of halogens is 1. The highest BCUT2D eigenvalue weighted by Gasteiger charge is 2.08. The minimum atomic E-state index is -0.552. The van der Waals surface area contributed by atoms with Crippen molar-refractivity contribution in [2.24, 2.45) is 5.73 Å². The molecule has 0 saturated carbocycles. The number of amides is 1. The van der Waals surface area contributed by atoms with Crippen molar-refractivity contribution in [1.82, 2.24) is 5.32 Å². The number of carbonyl (C=O) groups excluding carboxylic acids is 1. The summed E-state index contributed by atoms with van der Waals surface area (Å²) in [4.78, 5) is 11.0. The van der Waals surface area contributed by atoms with Gasteiger partial charge in [-0.3, -0.25) is 4.79 Å². The summed E-state index contributed by atoms with van der Waals surface area (Å²) < 4.78 is 18.5. The van der Waals surface area contributed by atoms with E-state index in [9.17, 15) is 9.18 Å². The SMILES string of the molecule is COCCC(C)NCc1cc(C(N)=O)ccc1F. The average molecular weight is 254 g/mol. The summed E-state index contributed by atoms with van der Waals surface area (Å²) in [5.74, 6) is -0.893. The van der Waals surface area contributed by atoms with Gasteiger partial charge in [0.25, 0.3) is 0 Å². The van der Waals surface area contributed by atoms with E-state index in [-0.39, 0.29) is 11.9 Å². The molecule has 0 aliphatic carbocycles. The van der Waals surface area contributed by atoms with Crippen LogP contribution in [0, 0.1) is 5.82 Å². The molecule has 1 aromatic rings. The molecule has 4 nitrogen and oxygen atoms in total. The average Bonchev–Trinajstić information content (AvgIpc) is 2.35. The van der Waals surface area contributed by atoms with E-state index in [1.807, 2.05) is 6.92 Å². The highest BCUT2D eigenvalue weighted by atomic mass is 19.1. The normalized spacial score (nSPS) is 12.4. The molecule has 3 N–H and O–H groups in total. The first-order valence-electron chi connectivity index (χ1n) is 5.85. The van der Waals surface area contributed by atoms with Gasteiger partial charge in [-0.05, 0) is 31.5 Å². The van der Waals surface area contributed by atoms with E-state index in [2.05, 4.69) is 5.32 Å². The monoisotopic (exact) mass is 254 g/mol. The van der Waals surface area contributed by atoms with Gasteiger partial charge in [0, 0.05) is 37.4 Å². The Morgan fingerprint density at radius 1 is 1.56 bits per heavy atom. The quantitative estimate of drug-likeness (QED) is 0.774. The Bertz CT molecular complexity index is 410. The van der Waals surface area contributed by atoms with Crippen LogP contribution in [0.1, 0.15) is 29.3 Å². The van der Waals surface area contributed by atoms with E-state index in [1.54, 1.807) is 7.11 Å². The van der Waals surface area contributed by atoms with Crippen LogP contribution in [0.25, 0.3) is 0 Å². The topological polar surface area (TPSA) is 64.3 Å². The molecule has 0 aliphatic heterocycles. The lowest BCUT2D eigenvalue weighted by Gasteiger charge is -2.14. The fourth-order valence-electron chi connectivity index (χ4n) is 1.54. The number of benzene rings is 1. The first kappa shape index (κ1) is 14.6. The highest BCUT2D eigenvalue weighted by Crippen LogP contribution is 2.10. The fourth-order valence-corrected chi connectivity index (χ4v) is 1.54. The maximum atomic E-state index is 13.5. The lowest BCUT2D eigenvalue weighted by Crippen LogP contribution is -2.27. The van der Waals surface area contributed by atoms with Crippen molar-refractivity contribution in [2.45, 2.75) is 25.9 Å². The van der Waals surface area contributed by atoms with E-state index >= 15 is 0 Å². The number of methoxy groups -OCH3 is 1. The maximum Gasteiger partial charge on any atom is 0.248 e. The molecule has 0 bridgehead atoms. The molecular formula is C13H19FN2O2. The molecule has 0 aromatic heterocycles. The molecule has 1 amide bonds. The maximum absolute atomic E-state index is 13.5. The summed E-state index contributed by atoms with van der Waals surface area (Å²) in [6.07, 6.45) is 0.841. The van der Waals surface area contributed by atoms with Crippen molar-refractivity contribution >= 4 is 5.91 Å². The van der Waals surface area contributed by atoms with Crippen molar-refractivity contribution in [3.8, 4) is 0 Å². The van der Waals surface area contributed by atoms with Crippen molar-refractivity contribution < 1.29 is 13.9 Å². The highest BCUT2D eigenvalue weighted by molar-refractivity contribution is 5.92. The summed E-state index contributed by atoms with van der Waals surface area (Å²) in [7, 11) is 1.64. The van der Waals surface area contributed by atoms with Gasteiger partial charge in [-0.2, -0.15) is 0 Å². The Kier molecular flexibility index (Phi) is 5.74. The number of nitrogens with one attached hydrogen (secondary N) is 1. The third-order valence-corrected chi connectivity index (χ3v) is 2.73. The van der Waals surface area contributed by atoms with E-state index in [1.165, 1.54) is 18.2 Å². The van der Waals surface area contributed by atoms with Gasteiger partial charge in [0.2, 0.25) is 5.91 Å². The lowest BCUT2D eigenvalue weighted by molar-refractivity contribution is 0.1000. The molecular weight excluding hydrogens is 235 g/mol. The first-order chi connectivity index (χ1) is 8.54. The number of primary amides is 1. The van der Waals surface area contributed by atoms with Crippen molar-refractivity contribution in [3.63, 3.8) is 0 Å². The van der Waals surface area contributed by atoms with Gasteiger partial charge in [-0.15, -0.1) is 0 Å². The Hall–Kier alpha value is -1.46. The van der Waals surface area contributed by atoms with Crippen LogP contribution in [-0.4, -0.2) is 25.7 Å². The largest absolute Gasteiger partial charge is 0.385 e. The van der Waals surface area contributed by atoms with Crippen LogP contribution >= 0.6 is 0 Å². The molecule has 0 aliphatic rings. The molecule has 0 spiro atoms. The Morgan fingerprint density at radius 3 is 2.89 bits per heavy atom. The van der Waals surface area contributed by atoms with Crippen molar-refractivity contribution in [2.75, 3.05) is 13.7 Å². The van der Waals surface area contributed by atoms with Gasteiger partial charge < -0.3 is 15.8 Å². The number of hydrogen-bond acceptors (Lipinski definition) is 3. The van der Waals surface area contributed by atoms with Gasteiger partial charge in [0.15, 0.2) is 0 Å². The molecule has 0 radical (unpaired) electrons. The second-order valence-corrected chi connectivity index (χ2v) is 4.23. The van der Waals surface area contributed by atoms with Gasteiger partial charge in [0.1, 0.15) is 5.82 Å². The zero-order valence-electron chi connectivity index (χ0n) is 10.7. The third-order valence-electron chi connectivity index (χ3n) is 2.73. The molecule has 1 aromatic carbocycles. The summed E-state index contributed by atoms with van der Waals surface area (Å²) in [6.45, 7) is 3.00. The molecule has 5 heteroatoms. The number of ether oxygens (including phenoxy) is 1. The van der Waals surface area contributed by atoms with Crippen LogP contribution in [-0.2, 0) is 11.3 Å². The van der Waals surface area contributed by atoms with Gasteiger partial charge in [-0.1, -0.05) is 0 Å². The van der Waals surface area contributed by atoms with Crippen LogP contribution < -0.4 is 11.1 Å². The number of rotatable bonds is 7. The molecule has 18 heavy (non-hydrogen) atoms. The zero-order valence-corrected chi connectivity index (χ0v) is 10.7. The van der Waals surface area contributed by atoms with Crippen LogP contribution in [0.15, 0.2) is 18.2 Å². The van der Waals surface area contributed by atoms with Crippen molar-refractivity contribution in [1.29, 1.82) is 0 Å². The van der Waals surface area contributed by atoms with E-state index in [0.29, 0.717) is 24.3 Å². The molecule has 0 fully saturated rings. The standard InChI is InChI=1S/C13H19FN2O2/c1-9(5-6-18-2)16-8-11-7-10(13(15)17)3-4-12(11)14/h3-4,7,9,16H,5-6,8H2,1-2H3,(H2,15,17). The molecule has 0 heterocycles. The second-order valence-electron chi connectivity index (χ2n) is 4.23. The second kappa shape index (κ2) is 7.08. The van der Waals surface area contributed by atoms with Gasteiger partial charge in [-0.25, -0.2) is 4.39 Å². The predicted octanol–water partition coefficient (Wildman–Crippen LogP) is 1.44. The summed E-state index contributed by atoms with van der Waals surface area (Å²) in [6, 6.07) is 4.33. The van der Waals surface area contributed by atoms with E-state index < -0.39 is 5.91 Å². The van der Waals surface area contributed by atoms with Crippen LogP contribution in [0.4, 0.5) is 4.39 Å². The molecule has 100 valence electrons. The van der Waals surface area contributed by atoms with Gasteiger partial charge in [0.05, 0.1) is 0 Å². The smallest absolute Gasteiger partial charge is 0.248 e. The Balaban J connectivity index is 2.60. The van der Waals surface area contributed by atoms with Gasteiger partial charge >= 0.3 is 0 Å². The Morgan fingerprint density at radius 2 is 2.28 bits per heavy atom. The number of carbonyl (C=O) groups is 1. The third kappa shape index (κ3) is 4.43. The summed E-state index contributed by atoms with van der Waals surface area (Å²) >= 11 is 0. The van der Waals surface area contributed by atoms with Crippen LogP contribution in [0.2, 0.25) is 0 Å². The van der Waals surface area contributed by atoms with E-state index in [4.69, 9.17) is 10.5 Å².